The fourth-order valence-electron chi connectivity index (χ4n) is 1.23. The molecule has 1 aliphatic rings. The molecule has 0 N–H and O–H groups in total. The minimum Gasteiger partial charge on any atom is -0.378 e. The van der Waals surface area contributed by atoms with Crippen molar-refractivity contribution >= 4 is 0 Å². The van der Waals surface area contributed by atoms with Crippen molar-refractivity contribution in [1.29, 1.82) is 0 Å². The summed E-state index contributed by atoms with van der Waals surface area (Å²) in [6, 6.07) is 0. The number of hydrogen-bond donors (Lipinski definition) is 0. The van der Waals surface area contributed by atoms with E-state index in [9.17, 15) is 13.2 Å². The largest absolute Gasteiger partial charge is 0.396 e. The highest BCUT2D eigenvalue weighted by Gasteiger charge is 2.52. The van der Waals surface area contributed by atoms with Crippen molar-refractivity contribution in [3.63, 3.8) is 0 Å². The van der Waals surface area contributed by atoms with E-state index in [-0.39, 0.29) is 19.1 Å². The quantitative estimate of drug-likeness (QED) is 0.559. The van der Waals surface area contributed by atoms with Crippen molar-refractivity contribution in [1.82, 2.24) is 0 Å². The Balaban J connectivity index is 2.62. The van der Waals surface area contributed by atoms with Gasteiger partial charge in [-0.25, -0.2) is 0 Å². The Labute approximate surface area is 69.9 Å². The molecule has 0 aliphatic carbocycles. The van der Waals surface area contributed by atoms with Gasteiger partial charge in [-0.15, -0.1) is 0 Å². The Bertz CT molecular complexity index is 156. The molecule has 2 unspecified atom stereocenters. The van der Waals surface area contributed by atoms with Gasteiger partial charge in [-0.05, 0) is 26.7 Å². The zero-order valence-electron chi connectivity index (χ0n) is 7.24. The molecule has 72 valence electrons. The lowest BCUT2D eigenvalue weighted by molar-refractivity contribution is -0.253. The molecule has 12 heavy (non-hydrogen) atoms. The van der Waals surface area contributed by atoms with E-state index in [1.165, 1.54) is 6.92 Å². The second-order valence-electron chi connectivity index (χ2n) is 3.72. The van der Waals surface area contributed by atoms with Crippen LogP contribution in [-0.4, -0.2) is 18.9 Å². The van der Waals surface area contributed by atoms with Crippen LogP contribution in [0.2, 0.25) is 0 Å². The Kier molecular flexibility index (Phi) is 2.38. The van der Waals surface area contributed by atoms with Crippen LogP contribution in [0.15, 0.2) is 0 Å². The summed E-state index contributed by atoms with van der Waals surface area (Å²) in [5.41, 5.74) is -1.63. The van der Waals surface area contributed by atoms with Crippen molar-refractivity contribution < 1.29 is 17.9 Å². The third-order valence-electron chi connectivity index (χ3n) is 2.47. The first kappa shape index (κ1) is 9.84. The molecular formula is C8H13F3O. The zero-order valence-corrected chi connectivity index (χ0v) is 7.24. The number of alkyl halides is 3. The van der Waals surface area contributed by atoms with Crippen molar-refractivity contribution in [2.24, 2.45) is 5.41 Å². The summed E-state index contributed by atoms with van der Waals surface area (Å²) in [5, 5.41) is 0. The van der Waals surface area contributed by atoms with E-state index in [0.717, 1.165) is 0 Å². The predicted molar refractivity (Wildman–Crippen MR) is 38.8 cm³/mol. The van der Waals surface area contributed by atoms with E-state index in [1.807, 2.05) is 0 Å². The van der Waals surface area contributed by atoms with Gasteiger partial charge in [0.05, 0.1) is 18.1 Å². The first-order valence-corrected chi connectivity index (χ1v) is 4.03. The maximum atomic E-state index is 12.4. The first-order chi connectivity index (χ1) is 5.35. The van der Waals surface area contributed by atoms with E-state index < -0.39 is 11.6 Å². The minimum atomic E-state index is -4.13. The van der Waals surface area contributed by atoms with Crippen molar-refractivity contribution in [3.05, 3.63) is 0 Å². The third kappa shape index (κ3) is 1.73. The van der Waals surface area contributed by atoms with E-state index in [1.54, 1.807) is 6.92 Å². The van der Waals surface area contributed by atoms with Crippen LogP contribution in [0.3, 0.4) is 0 Å². The van der Waals surface area contributed by atoms with Crippen molar-refractivity contribution in [2.45, 2.75) is 39.0 Å². The van der Waals surface area contributed by atoms with Gasteiger partial charge in [-0.3, -0.25) is 0 Å². The summed E-state index contributed by atoms with van der Waals surface area (Å²) in [4.78, 5) is 0. The van der Waals surface area contributed by atoms with Crippen LogP contribution < -0.4 is 0 Å². The average Bonchev–Trinajstić information content (AvgIpc) is 1.93. The first-order valence-electron chi connectivity index (χ1n) is 4.03. The predicted octanol–water partition coefficient (Wildman–Crippen LogP) is 2.75. The van der Waals surface area contributed by atoms with Gasteiger partial charge in [-0.2, -0.15) is 13.2 Å². The molecule has 1 saturated heterocycles. The molecule has 0 aromatic carbocycles. The van der Waals surface area contributed by atoms with Crippen LogP contribution in [0, 0.1) is 5.41 Å². The lowest BCUT2D eigenvalue weighted by atomic mass is 9.82. The molecule has 0 bridgehead atoms. The lowest BCUT2D eigenvalue weighted by Crippen LogP contribution is -2.43. The van der Waals surface area contributed by atoms with Crippen LogP contribution in [0.4, 0.5) is 13.2 Å². The molecule has 0 radical (unpaired) electrons. The number of rotatable bonds is 0. The highest BCUT2D eigenvalue weighted by atomic mass is 19.4. The molecule has 1 nitrogen and oxygen atoms in total. The Morgan fingerprint density at radius 3 is 2.33 bits per heavy atom. The summed E-state index contributed by atoms with van der Waals surface area (Å²) in [5.74, 6) is 0. The summed E-state index contributed by atoms with van der Waals surface area (Å²) >= 11 is 0. The molecule has 4 heteroatoms. The van der Waals surface area contributed by atoms with Gasteiger partial charge in [0.15, 0.2) is 0 Å². The Morgan fingerprint density at radius 1 is 1.42 bits per heavy atom. The SMILES string of the molecule is CC1CCC(C)(C(F)(F)F)CO1. The molecule has 0 spiro atoms. The zero-order chi connectivity index (χ0) is 9.41. The topological polar surface area (TPSA) is 9.23 Å². The van der Waals surface area contributed by atoms with Crippen LogP contribution in [0.25, 0.3) is 0 Å². The highest BCUT2D eigenvalue weighted by molar-refractivity contribution is 4.85. The monoisotopic (exact) mass is 182 g/mol. The summed E-state index contributed by atoms with van der Waals surface area (Å²) < 4.78 is 42.1. The van der Waals surface area contributed by atoms with Gasteiger partial charge in [-0.1, -0.05) is 0 Å². The van der Waals surface area contributed by atoms with Crippen LogP contribution in [0.1, 0.15) is 26.7 Å². The van der Waals surface area contributed by atoms with Crippen LogP contribution in [0.5, 0.6) is 0 Å². The number of halogens is 3. The molecular weight excluding hydrogens is 169 g/mol. The molecule has 1 fully saturated rings. The normalized spacial score (nSPS) is 38.2. The number of ether oxygens (including phenoxy) is 1. The summed E-state index contributed by atoms with van der Waals surface area (Å²) in [6.07, 6.45) is -3.48. The van der Waals surface area contributed by atoms with E-state index in [2.05, 4.69) is 0 Å². The molecule has 1 aliphatic heterocycles. The highest BCUT2D eigenvalue weighted by Crippen LogP contribution is 2.44. The van der Waals surface area contributed by atoms with E-state index >= 15 is 0 Å². The lowest BCUT2D eigenvalue weighted by Gasteiger charge is -2.37. The molecule has 2 atom stereocenters. The Morgan fingerprint density at radius 2 is 2.00 bits per heavy atom. The second kappa shape index (κ2) is 2.91. The number of hydrogen-bond acceptors (Lipinski definition) is 1. The molecule has 0 aromatic heterocycles. The van der Waals surface area contributed by atoms with Gasteiger partial charge < -0.3 is 4.74 Å². The Hall–Kier alpha value is -0.250. The standard InChI is InChI=1S/C8H13F3O/c1-6-3-4-7(2,5-12-6)8(9,10)11/h6H,3-5H2,1-2H3. The fourth-order valence-corrected chi connectivity index (χ4v) is 1.23. The van der Waals surface area contributed by atoms with Crippen LogP contribution in [-0.2, 0) is 4.74 Å². The summed E-state index contributed by atoms with van der Waals surface area (Å²) in [7, 11) is 0. The molecule has 0 amide bonds. The minimum absolute atomic E-state index is 0.0274. The fraction of sp³-hybridized carbons (Fsp3) is 1.00. The third-order valence-corrected chi connectivity index (χ3v) is 2.47. The second-order valence-corrected chi connectivity index (χ2v) is 3.72. The molecule has 0 saturated carbocycles. The molecule has 0 aromatic rings. The van der Waals surface area contributed by atoms with E-state index in [4.69, 9.17) is 4.74 Å². The maximum Gasteiger partial charge on any atom is 0.396 e. The van der Waals surface area contributed by atoms with Crippen LogP contribution >= 0.6 is 0 Å². The van der Waals surface area contributed by atoms with Gasteiger partial charge in [0.2, 0.25) is 0 Å². The smallest absolute Gasteiger partial charge is 0.378 e. The van der Waals surface area contributed by atoms with Gasteiger partial charge in [0, 0.05) is 0 Å². The van der Waals surface area contributed by atoms with Gasteiger partial charge in [0.25, 0.3) is 0 Å². The van der Waals surface area contributed by atoms with Gasteiger partial charge >= 0.3 is 6.18 Å². The maximum absolute atomic E-state index is 12.4. The summed E-state index contributed by atoms with van der Waals surface area (Å²) in [6.45, 7) is 2.83. The van der Waals surface area contributed by atoms with E-state index in [0.29, 0.717) is 6.42 Å². The molecule has 1 rings (SSSR count). The molecule has 1 heterocycles. The van der Waals surface area contributed by atoms with Crippen molar-refractivity contribution in [3.8, 4) is 0 Å². The average molecular weight is 182 g/mol. The van der Waals surface area contributed by atoms with Crippen molar-refractivity contribution in [2.75, 3.05) is 6.61 Å². The van der Waals surface area contributed by atoms with Gasteiger partial charge in [0.1, 0.15) is 0 Å².